The highest BCUT2D eigenvalue weighted by Crippen LogP contribution is 2.36. The molecule has 1 nitrogen and oxygen atoms in total. The number of benzene rings is 2. The van der Waals surface area contributed by atoms with Crippen LogP contribution in [0.4, 0.5) is 4.39 Å². The van der Waals surface area contributed by atoms with Crippen LogP contribution in [0.15, 0.2) is 40.9 Å². The SMILES string of the molecule is CC(C)Oc1cccc(C(Cl)c2cc(Cl)c(Br)cc2F)c1. The molecule has 0 aromatic heterocycles. The van der Waals surface area contributed by atoms with Gasteiger partial charge in [0.1, 0.15) is 11.6 Å². The molecule has 0 fully saturated rings. The van der Waals surface area contributed by atoms with Gasteiger partial charge in [-0.1, -0.05) is 23.7 Å². The van der Waals surface area contributed by atoms with Crippen molar-refractivity contribution in [2.45, 2.75) is 25.3 Å². The molecule has 0 spiro atoms. The molecule has 0 bridgehead atoms. The molecule has 0 saturated carbocycles. The number of halogens is 4. The maximum atomic E-state index is 14.1. The lowest BCUT2D eigenvalue weighted by Crippen LogP contribution is -2.06. The Kier molecular flexibility index (Phi) is 5.53. The van der Waals surface area contributed by atoms with Crippen LogP contribution in [0.3, 0.4) is 0 Å². The average Bonchev–Trinajstić information content (AvgIpc) is 2.41. The summed E-state index contributed by atoms with van der Waals surface area (Å²) in [6, 6.07) is 10.2. The van der Waals surface area contributed by atoms with E-state index in [-0.39, 0.29) is 6.10 Å². The highest BCUT2D eigenvalue weighted by molar-refractivity contribution is 9.10. The van der Waals surface area contributed by atoms with E-state index in [0.717, 1.165) is 5.56 Å². The van der Waals surface area contributed by atoms with E-state index in [9.17, 15) is 4.39 Å². The Morgan fingerprint density at radius 1 is 1.19 bits per heavy atom. The minimum atomic E-state index is -0.633. The summed E-state index contributed by atoms with van der Waals surface area (Å²) in [6.45, 7) is 3.89. The monoisotopic (exact) mass is 390 g/mol. The Labute approximate surface area is 142 Å². The number of rotatable bonds is 4. The second-order valence-electron chi connectivity index (χ2n) is 4.89. The molecule has 5 heteroatoms. The largest absolute Gasteiger partial charge is 0.491 e. The van der Waals surface area contributed by atoms with Gasteiger partial charge in [0, 0.05) is 10.0 Å². The molecule has 0 aliphatic carbocycles. The molecule has 0 N–H and O–H groups in total. The van der Waals surface area contributed by atoms with Gasteiger partial charge in [-0.25, -0.2) is 4.39 Å². The van der Waals surface area contributed by atoms with Crippen LogP contribution in [0.2, 0.25) is 5.02 Å². The van der Waals surface area contributed by atoms with Crippen LogP contribution in [-0.2, 0) is 0 Å². The molecule has 0 aliphatic rings. The maximum Gasteiger partial charge on any atom is 0.129 e. The Morgan fingerprint density at radius 2 is 1.90 bits per heavy atom. The normalized spacial score (nSPS) is 12.5. The number of ether oxygens (including phenoxy) is 1. The summed E-state index contributed by atoms with van der Waals surface area (Å²) in [5.41, 5.74) is 1.10. The standard InChI is InChI=1S/C16H14BrCl2FO/c1-9(2)21-11-5-3-4-10(6-11)16(19)12-7-14(18)13(17)8-15(12)20/h3-9,16H,1-2H3. The second kappa shape index (κ2) is 6.99. The zero-order chi connectivity index (χ0) is 15.6. The number of hydrogen-bond acceptors (Lipinski definition) is 1. The first-order valence-electron chi connectivity index (χ1n) is 6.43. The topological polar surface area (TPSA) is 9.23 Å². The molecule has 1 unspecified atom stereocenters. The Morgan fingerprint density at radius 3 is 2.57 bits per heavy atom. The van der Waals surface area contributed by atoms with Gasteiger partial charge in [0.25, 0.3) is 0 Å². The van der Waals surface area contributed by atoms with E-state index in [1.165, 1.54) is 12.1 Å². The first-order chi connectivity index (χ1) is 9.88. The van der Waals surface area contributed by atoms with Crippen LogP contribution in [0, 0.1) is 5.82 Å². The van der Waals surface area contributed by atoms with Crippen LogP contribution in [0.25, 0.3) is 0 Å². The van der Waals surface area contributed by atoms with Gasteiger partial charge in [0.2, 0.25) is 0 Å². The summed E-state index contributed by atoms with van der Waals surface area (Å²) in [6.07, 6.45) is 0.0629. The molecule has 0 amide bonds. The van der Waals surface area contributed by atoms with Gasteiger partial charge in [-0.3, -0.25) is 0 Å². The molecule has 2 aromatic rings. The van der Waals surface area contributed by atoms with Crippen molar-refractivity contribution < 1.29 is 9.13 Å². The molecule has 1 atom stereocenters. The first-order valence-corrected chi connectivity index (χ1v) is 8.04. The Hall–Kier alpha value is -0.770. The number of hydrogen-bond donors (Lipinski definition) is 0. The summed E-state index contributed by atoms with van der Waals surface area (Å²) in [4.78, 5) is 0. The third-order valence-electron chi connectivity index (χ3n) is 2.84. The molecule has 112 valence electrons. The van der Waals surface area contributed by atoms with E-state index in [2.05, 4.69) is 15.9 Å². The third-order valence-corrected chi connectivity index (χ3v) is 4.52. The van der Waals surface area contributed by atoms with E-state index in [4.69, 9.17) is 27.9 Å². The van der Waals surface area contributed by atoms with Crippen LogP contribution in [0.1, 0.15) is 30.4 Å². The van der Waals surface area contributed by atoms with Gasteiger partial charge in [-0.2, -0.15) is 0 Å². The molecule has 0 radical (unpaired) electrons. The fraction of sp³-hybridized carbons (Fsp3) is 0.250. The fourth-order valence-electron chi connectivity index (χ4n) is 1.93. The fourth-order valence-corrected chi connectivity index (χ4v) is 2.72. The van der Waals surface area contributed by atoms with Gasteiger partial charge in [-0.05, 0) is 59.6 Å². The molecular weight excluding hydrogens is 378 g/mol. The van der Waals surface area contributed by atoms with Crippen LogP contribution in [-0.4, -0.2) is 6.10 Å². The average molecular weight is 392 g/mol. The highest BCUT2D eigenvalue weighted by Gasteiger charge is 2.18. The van der Waals surface area contributed by atoms with E-state index >= 15 is 0 Å². The van der Waals surface area contributed by atoms with E-state index in [1.54, 1.807) is 0 Å². The van der Waals surface area contributed by atoms with Crippen molar-refractivity contribution in [2.75, 3.05) is 0 Å². The number of alkyl halides is 1. The highest BCUT2D eigenvalue weighted by atomic mass is 79.9. The molecular formula is C16H14BrCl2FO. The van der Waals surface area contributed by atoms with E-state index in [1.807, 2.05) is 38.1 Å². The predicted octanol–water partition coefficient (Wildman–Crippen LogP) is 6.36. The minimum absolute atomic E-state index is 0.0629. The molecule has 0 saturated heterocycles. The van der Waals surface area contributed by atoms with Crippen molar-refractivity contribution in [2.24, 2.45) is 0 Å². The van der Waals surface area contributed by atoms with Crippen molar-refractivity contribution >= 4 is 39.1 Å². The third kappa shape index (κ3) is 4.12. The van der Waals surface area contributed by atoms with Crippen LogP contribution in [0.5, 0.6) is 5.75 Å². The lowest BCUT2D eigenvalue weighted by Gasteiger charge is -2.15. The lowest BCUT2D eigenvalue weighted by atomic mass is 10.0. The lowest BCUT2D eigenvalue weighted by molar-refractivity contribution is 0.242. The van der Waals surface area contributed by atoms with Gasteiger partial charge in [-0.15, -0.1) is 11.6 Å². The summed E-state index contributed by atoms with van der Waals surface area (Å²) in [7, 11) is 0. The second-order valence-corrected chi connectivity index (χ2v) is 6.59. The minimum Gasteiger partial charge on any atom is -0.491 e. The van der Waals surface area contributed by atoms with Gasteiger partial charge < -0.3 is 4.74 Å². The van der Waals surface area contributed by atoms with E-state index < -0.39 is 11.2 Å². The van der Waals surface area contributed by atoms with Crippen molar-refractivity contribution in [3.8, 4) is 5.75 Å². The predicted molar refractivity (Wildman–Crippen MR) is 89.0 cm³/mol. The summed E-state index contributed by atoms with van der Waals surface area (Å²) < 4.78 is 20.2. The maximum absolute atomic E-state index is 14.1. The molecule has 2 rings (SSSR count). The quantitative estimate of drug-likeness (QED) is 0.435. The van der Waals surface area contributed by atoms with Crippen LogP contribution < -0.4 is 4.74 Å². The molecule has 2 aromatic carbocycles. The van der Waals surface area contributed by atoms with Gasteiger partial charge >= 0.3 is 0 Å². The van der Waals surface area contributed by atoms with Crippen molar-refractivity contribution in [1.82, 2.24) is 0 Å². The van der Waals surface area contributed by atoms with Crippen molar-refractivity contribution in [1.29, 1.82) is 0 Å². The molecule has 0 aliphatic heterocycles. The Bertz CT molecular complexity index is 646. The smallest absolute Gasteiger partial charge is 0.129 e. The molecule has 0 heterocycles. The van der Waals surface area contributed by atoms with Gasteiger partial charge in [0.15, 0.2) is 0 Å². The summed E-state index contributed by atoms with van der Waals surface area (Å²) >= 11 is 15.6. The van der Waals surface area contributed by atoms with Crippen LogP contribution >= 0.6 is 39.1 Å². The summed E-state index contributed by atoms with van der Waals surface area (Å²) in [5.74, 6) is 0.304. The first kappa shape index (κ1) is 16.6. The zero-order valence-corrected chi connectivity index (χ0v) is 14.6. The zero-order valence-electron chi connectivity index (χ0n) is 11.5. The van der Waals surface area contributed by atoms with Crippen molar-refractivity contribution in [3.05, 3.63) is 62.8 Å². The van der Waals surface area contributed by atoms with Gasteiger partial charge in [0.05, 0.1) is 16.5 Å². The summed E-state index contributed by atoms with van der Waals surface area (Å²) in [5, 5.41) is -0.210. The molecule has 21 heavy (non-hydrogen) atoms. The van der Waals surface area contributed by atoms with E-state index in [0.29, 0.717) is 20.8 Å². The Balaban J connectivity index is 2.36. The van der Waals surface area contributed by atoms with Crippen molar-refractivity contribution in [3.63, 3.8) is 0 Å².